The fourth-order valence-electron chi connectivity index (χ4n) is 1.29. The van der Waals surface area contributed by atoms with E-state index < -0.39 is 18.8 Å². The summed E-state index contributed by atoms with van der Waals surface area (Å²) >= 11 is 0. The van der Waals surface area contributed by atoms with Gasteiger partial charge in [0.2, 0.25) is 0 Å². The Labute approximate surface area is 95.5 Å². The van der Waals surface area contributed by atoms with Crippen molar-refractivity contribution in [3.63, 3.8) is 0 Å². The summed E-state index contributed by atoms with van der Waals surface area (Å²) in [6.07, 6.45) is 1.26. The number of hydrogen-bond acceptors (Lipinski definition) is 1. The maximum Gasteiger partial charge on any atom is 0.0540 e. The first-order valence-electron chi connectivity index (χ1n) is 7.90. The Morgan fingerprint density at radius 2 is 1.36 bits per heavy atom. The molecule has 0 aliphatic rings. The molecule has 0 rings (SSSR count). The molecule has 1 N–H and O–H groups in total. The Hall–Kier alpha value is -0.0400. The van der Waals surface area contributed by atoms with Crippen LogP contribution in [0.1, 0.15) is 83.4 Å². The van der Waals surface area contributed by atoms with Crippen LogP contribution in [0, 0.1) is 0 Å². The molecule has 0 aromatic heterocycles. The zero-order valence-electron chi connectivity index (χ0n) is 13.7. The highest BCUT2D eigenvalue weighted by Gasteiger charge is 2.02. The fraction of sp³-hybridized carbons (Fsp3) is 1.00. The minimum Gasteiger partial charge on any atom is -0.393 e. The van der Waals surface area contributed by atoms with Crippen LogP contribution in [0.25, 0.3) is 0 Å². The van der Waals surface area contributed by atoms with Crippen LogP contribution in [0.5, 0.6) is 0 Å². The lowest BCUT2D eigenvalue weighted by molar-refractivity contribution is 0.147. The largest absolute Gasteiger partial charge is 0.393 e. The van der Waals surface area contributed by atoms with E-state index in [1.54, 1.807) is 0 Å². The van der Waals surface area contributed by atoms with E-state index in [0.29, 0.717) is 38.5 Å². The van der Waals surface area contributed by atoms with E-state index in [9.17, 15) is 5.11 Å². The Morgan fingerprint density at radius 1 is 0.929 bits per heavy atom. The number of hydrogen-bond donors (Lipinski definition) is 1. The van der Waals surface area contributed by atoms with E-state index in [2.05, 4.69) is 0 Å². The molecule has 0 aliphatic carbocycles. The van der Waals surface area contributed by atoms with Gasteiger partial charge in [-0.05, 0) is 12.8 Å². The van der Waals surface area contributed by atoms with E-state index in [-0.39, 0.29) is 0 Å². The van der Waals surface area contributed by atoms with Crippen molar-refractivity contribution < 1.29 is 10.6 Å². The van der Waals surface area contributed by atoms with Gasteiger partial charge in [0, 0.05) is 5.48 Å². The van der Waals surface area contributed by atoms with Crippen molar-refractivity contribution in [3.05, 3.63) is 0 Å². The second-order valence-electron chi connectivity index (χ2n) is 3.73. The first-order chi connectivity index (χ1) is 8.22. The summed E-state index contributed by atoms with van der Waals surface area (Å²) < 4.78 is 30.9. The number of rotatable bonds is 10. The van der Waals surface area contributed by atoms with Gasteiger partial charge in [0.25, 0.3) is 0 Å². The smallest absolute Gasteiger partial charge is 0.0540 e. The summed E-state index contributed by atoms with van der Waals surface area (Å²) in [6.45, 7) is 3.90. The minimum atomic E-state index is -1.20. The lowest BCUT2D eigenvalue weighted by atomic mass is 10.0. The van der Waals surface area contributed by atoms with Gasteiger partial charge in [0.05, 0.1) is 6.10 Å². The van der Waals surface area contributed by atoms with Gasteiger partial charge < -0.3 is 5.11 Å². The SMILES string of the molecule is [2H]C([2H])(CCC)CCC(O)CCC([2H])([2H])CCC. The van der Waals surface area contributed by atoms with Crippen LogP contribution in [0.15, 0.2) is 0 Å². The molecule has 86 valence electrons. The van der Waals surface area contributed by atoms with E-state index in [4.69, 9.17) is 5.48 Å². The summed E-state index contributed by atoms with van der Waals surface area (Å²) in [5.74, 6) is 0. The molecule has 0 radical (unpaired) electrons. The maximum absolute atomic E-state index is 9.78. The fourth-order valence-corrected chi connectivity index (χ4v) is 1.29. The van der Waals surface area contributed by atoms with Crippen molar-refractivity contribution in [2.24, 2.45) is 0 Å². The Kier molecular flexibility index (Phi) is 6.43. The first-order valence-corrected chi connectivity index (χ1v) is 5.90. The Bertz CT molecular complexity index is 197. The zero-order chi connectivity index (χ0) is 14.2. The second kappa shape index (κ2) is 11.0. The van der Waals surface area contributed by atoms with Crippen molar-refractivity contribution in [3.8, 4) is 0 Å². The van der Waals surface area contributed by atoms with Crippen LogP contribution in [0.2, 0.25) is 0 Å². The Balaban J connectivity index is 3.87. The van der Waals surface area contributed by atoms with Crippen LogP contribution in [0.3, 0.4) is 0 Å². The molecular formula is C13H28O. The average molecular weight is 204 g/mol. The molecule has 14 heavy (non-hydrogen) atoms. The standard InChI is InChI=1S/C13H28O/c1-3-5-7-9-11-13(14)12-10-8-6-4-2/h13-14H,3-12H2,1-2H3/i7D2,8D2. The molecule has 0 bridgehead atoms. The third-order valence-corrected chi connectivity index (χ3v) is 2.16. The van der Waals surface area contributed by atoms with Crippen molar-refractivity contribution in [2.45, 2.75) is 84.1 Å². The van der Waals surface area contributed by atoms with Crippen LogP contribution in [0.4, 0.5) is 0 Å². The second-order valence-corrected chi connectivity index (χ2v) is 3.73. The predicted molar refractivity (Wildman–Crippen MR) is 63.5 cm³/mol. The number of aliphatic hydroxyl groups is 1. The van der Waals surface area contributed by atoms with Gasteiger partial charge in [-0.3, -0.25) is 0 Å². The predicted octanol–water partition coefficient (Wildman–Crippen LogP) is 4.29. The van der Waals surface area contributed by atoms with Crippen molar-refractivity contribution >= 4 is 0 Å². The molecule has 0 saturated carbocycles. The molecule has 0 heterocycles. The van der Waals surface area contributed by atoms with Crippen molar-refractivity contribution in [1.29, 1.82) is 0 Å². The third-order valence-electron chi connectivity index (χ3n) is 2.16. The van der Waals surface area contributed by atoms with Gasteiger partial charge in [0.15, 0.2) is 0 Å². The van der Waals surface area contributed by atoms with E-state index >= 15 is 0 Å². The molecule has 0 aromatic carbocycles. The summed E-state index contributed by atoms with van der Waals surface area (Å²) in [4.78, 5) is 0. The molecule has 0 amide bonds. The first kappa shape index (κ1) is 8.15. The zero-order valence-corrected chi connectivity index (χ0v) is 9.68. The molecule has 0 aromatic rings. The quantitative estimate of drug-likeness (QED) is 0.563. The van der Waals surface area contributed by atoms with Gasteiger partial charge in [0.1, 0.15) is 0 Å². The molecule has 0 unspecified atom stereocenters. The maximum atomic E-state index is 9.78. The van der Waals surface area contributed by atoms with Gasteiger partial charge in [-0.25, -0.2) is 0 Å². The Morgan fingerprint density at radius 3 is 1.71 bits per heavy atom. The highest BCUT2D eigenvalue weighted by Crippen LogP contribution is 2.11. The normalized spacial score (nSPS) is 17.4. The molecule has 1 nitrogen and oxygen atoms in total. The molecule has 0 spiro atoms. The van der Waals surface area contributed by atoms with E-state index in [1.807, 2.05) is 13.8 Å². The van der Waals surface area contributed by atoms with Crippen LogP contribution >= 0.6 is 0 Å². The summed E-state index contributed by atoms with van der Waals surface area (Å²) in [5, 5.41) is 9.78. The topological polar surface area (TPSA) is 20.2 Å². The third kappa shape index (κ3) is 10.0. The molecule has 0 aliphatic heterocycles. The van der Waals surface area contributed by atoms with Crippen LogP contribution in [-0.2, 0) is 0 Å². The monoisotopic (exact) mass is 204 g/mol. The summed E-state index contributed by atoms with van der Waals surface area (Å²) in [5.41, 5.74) is 0. The van der Waals surface area contributed by atoms with E-state index in [0.717, 1.165) is 12.8 Å². The molecular weight excluding hydrogens is 172 g/mol. The molecule has 0 saturated heterocycles. The highest BCUT2D eigenvalue weighted by molar-refractivity contribution is 4.56. The van der Waals surface area contributed by atoms with Gasteiger partial charge >= 0.3 is 0 Å². The highest BCUT2D eigenvalue weighted by atomic mass is 16.3. The van der Waals surface area contributed by atoms with Crippen molar-refractivity contribution in [2.75, 3.05) is 0 Å². The molecule has 1 heteroatoms. The molecule has 0 fully saturated rings. The van der Waals surface area contributed by atoms with E-state index in [1.165, 1.54) is 0 Å². The average Bonchev–Trinajstić information content (AvgIpc) is 2.24. The minimum absolute atomic E-state index is 0.360. The summed E-state index contributed by atoms with van der Waals surface area (Å²) in [6, 6.07) is 0. The van der Waals surface area contributed by atoms with Crippen molar-refractivity contribution in [1.82, 2.24) is 0 Å². The van der Waals surface area contributed by atoms with Gasteiger partial charge in [-0.2, -0.15) is 0 Å². The van der Waals surface area contributed by atoms with Gasteiger partial charge in [-0.1, -0.05) is 65.1 Å². The van der Waals surface area contributed by atoms with Crippen LogP contribution in [-0.4, -0.2) is 11.2 Å². The lowest BCUT2D eigenvalue weighted by Crippen LogP contribution is -2.05. The van der Waals surface area contributed by atoms with Crippen LogP contribution < -0.4 is 0 Å². The lowest BCUT2D eigenvalue weighted by Gasteiger charge is -2.09. The van der Waals surface area contributed by atoms with Gasteiger partial charge in [-0.15, -0.1) is 0 Å². The number of aliphatic hydroxyl groups excluding tert-OH is 1. The summed E-state index contributed by atoms with van der Waals surface area (Å²) in [7, 11) is 0. The molecule has 0 atom stereocenters.